The predicted octanol–water partition coefficient (Wildman–Crippen LogP) is 2.18. The molecule has 0 N–H and O–H groups in total. The maximum absolute atomic E-state index is 12.2. The van der Waals surface area contributed by atoms with E-state index in [1.807, 2.05) is 13.1 Å². The first-order valence-corrected chi connectivity index (χ1v) is 6.74. The molecule has 3 nitrogen and oxygen atoms in total. The maximum Gasteiger partial charge on any atom is 0.241 e. The molecule has 1 amide bonds. The third kappa shape index (κ3) is 1.38. The van der Waals surface area contributed by atoms with Gasteiger partial charge in [0.15, 0.2) is 0 Å². The maximum atomic E-state index is 12.2. The molecule has 1 saturated carbocycles. The van der Waals surface area contributed by atoms with Crippen molar-refractivity contribution in [2.45, 2.75) is 23.2 Å². The van der Waals surface area contributed by atoms with E-state index < -0.39 is 0 Å². The van der Waals surface area contributed by atoms with E-state index in [0.717, 1.165) is 12.2 Å². The summed E-state index contributed by atoms with van der Waals surface area (Å²) < 4.78 is 0.101. The van der Waals surface area contributed by atoms with Gasteiger partial charge in [-0.05, 0) is 36.3 Å². The minimum absolute atomic E-state index is 0.101. The summed E-state index contributed by atoms with van der Waals surface area (Å²) in [6.45, 7) is 0. The van der Waals surface area contributed by atoms with Crippen molar-refractivity contribution in [2.75, 3.05) is 11.9 Å². The quantitative estimate of drug-likeness (QED) is 0.540. The second-order valence-electron chi connectivity index (χ2n) is 4.79. The number of halogens is 1. The van der Waals surface area contributed by atoms with Crippen LogP contribution in [0.3, 0.4) is 0 Å². The van der Waals surface area contributed by atoms with Gasteiger partial charge in [-0.15, -0.1) is 0 Å². The lowest BCUT2D eigenvalue weighted by Crippen LogP contribution is -2.36. The number of anilines is 1. The van der Waals surface area contributed by atoms with E-state index in [-0.39, 0.29) is 15.2 Å². The Morgan fingerprint density at radius 1 is 1.56 bits per heavy atom. The Morgan fingerprint density at radius 2 is 2.31 bits per heavy atom. The molecule has 1 spiro atoms. The summed E-state index contributed by atoms with van der Waals surface area (Å²) in [4.78, 5) is 18.3. The smallest absolute Gasteiger partial charge is 0.241 e. The molecule has 1 aromatic heterocycles. The third-order valence-corrected chi connectivity index (χ3v) is 5.56. The number of amides is 1. The Morgan fingerprint density at radius 3 is 3.00 bits per heavy atom. The molecule has 0 saturated heterocycles. The number of aromatic nitrogens is 1. The van der Waals surface area contributed by atoms with Crippen LogP contribution >= 0.6 is 22.6 Å². The molecule has 3 rings (SSSR count). The predicted molar refractivity (Wildman–Crippen MR) is 70.8 cm³/mol. The number of fused-ring (bicyclic) bond motifs is 1. The highest BCUT2D eigenvalue weighted by Gasteiger charge is 2.53. The van der Waals surface area contributed by atoms with E-state index in [0.29, 0.717) is 0 Å². The van der Waals surface area contributed by atoms with Gasteiger partial charge in [0.2, 0.25) is 5.91 Å². The lowest BCUT2D eigenvalue weighted by Gasteiger charge is -2.20. The van der Waals surface area contributed by atoms with Crippen LogP contribution < -0.4 is 4.90 Å². The fraction of sp³-hybridized carbons (Fsp3) is 0.500. The Labute approximate surface area is 108 Å². The topological polar surface area (TPSA) is 33.2 Å². The van der Waals surface area contributed by atoms with Crippen LogP contribution in [-0.4, -0.2) is 21.9 Å². The van der Waals surface area contributed by atoms with Gasteiger partial charge in [0, 0.05) is 13.2 Å². The first kappa shape index (κ1) is 10.5. The van der Waals surface area contributed by atoms with Crippen molar-refractivity contribution in [3.63, 3.8) is 0 Å². The average molecular weight is 328 g/mol. The molecule has 0 aromatic carbocycles. The first-order valence-electron chi connectivity index (χ1n) is 5.50. The van der Waals surface area contributed by atoms with Crippen molar-refractivity contribution in [1.82, 2.24) is 4.98 Å². The molecule has 2 heterocycles. The molecule has 1 aliphatic carbocycles. The van der Waals surface area contributed by atoms with Gasteiger partial charge in [0.1, 0.15) is 5.82 Å². The number of carbonyl (C=O) groups is 1. The third-order valence-electron chi connectivity index (χ3n) is 3.70. The van der Waals surface area contributed by atoms with Crippen molar-refractivity contribution < 1.29 is 4.79 Å². The van der Waals surface area contributed by atoms with Gasteiger partial charge in [-0.25, -0.2) is 4.98 Å². The van der Waals surface area contributed by atoms with E-state index in [2.05, 4.69) is 33.6 Å². The van der Waals surface area contributed by atoms with Gasteiger partial charge in [-0.2, -0.15) is 0 Å². The molecule has 84 valence electrons. The zero-order valence-corrected chi connectivity index (χ0v) is 11.3. The largest absolute Gasteiger partial charge is 0.299 e. The summed E-state index contributed by atoms with van der Waals surface area (Å²) in [6.07, 6.45) is 5.11. The van der Waals surface area contributed by atoms with E-state index in [9.17, 15) is 4.79 Å². The Hall–Kier alpha value is -0.650. The standard InChI is InChI=1S/C12H13IN2O/c1-15-10-8(3-2-6-14-10)7-12(4-5-12)9(13)11(15)16/h2-3,6,9H,4-5,7H2,1H3. The van der Waals surface area contributed by atoms with Crippen molar-refractivity contribution in [1.29, 1.82) is 0 Å². The van der Waals surface area contributed by atoms with Crippen LogP contribution in [0.25, 0.3) is 0 Å². The molecule has 16 heavy (non-hydrogen) atoms. The second-order valence-corrected chi connectivity index (χ2v) is 6.03. The average Bonchev–Trinajstić information content (AvgIpc) is 3.07. The number of pyridine rings is 1. The molecule has 1 aromatic rings. The van der Waals surface area contributed by atoms with Gasteiger partial charge in [-0.1, -0.05) is 28.7 Å². The molecule has 1 aliphatic heterocycles. The number of carbonyl (C=O) groups excluding carboxylic acids is 1. The number of alkyl halides is 1. The highest BCUT2D eigenvalue weighted by Crippen LogP contribution is 2.56. The highest BCUT2D eigenvalue weighted by atomic mass is 127. The Kier molecular flexibility index (Phi) is 2.24. The van der Waals surface area contributed by atoms with Crippen LogP contribution in [-0.2, 0) is 11.2 Å². The second kappa shape index (κ2) is 3.42. The normalized spacial score (nSPS) is 26.5. The lowest BCUT2D eigenvalue weighted by atomic mass is 9.95. The van der Waals surface area contributed by atoms with Crippen LogP contribution in [0.2, 0.25) is 0 Å². The highest BCUT2D eigenvalue weighted by molar-refractivity contribution is 14.1. The lowest BCUT2D eigenvalue weighted by molar-refractivity contribution is -0.118. The van der Waals surface area contributed by atoms with Gasteiger partial charge >= 0.3 is 0 Å². The molecule has 1 fully saturated rings. The summed E-state index contributed by atoms with van der Waals surface area (Å²) in [7, 11) is 1.83. The Bertz CT molecular complexity index is 456. The Balaban J connectivity index is 2.12. The fourth-order valence-corrected chi connectivity index (χ4v) is 3.73. The number of hydrogen-bond acceptors (Lipinski definition) is 2. The van der Waals surface area contributed by atoms with E-state index in [1.54, 1.807) is 11.1 Å². The summed E-state index contributed by atoms with van der Waals surface area (Å²) in [5.74, 6) is 1.05. The molecule has 0 bridgehead atoms. The van der Waals surface area contributed by atoms with Crippen LogP contribution in [0, 0.1) is 5.41 Å². The molecular weight excluding hydrogens is 315 g/mol. The van der Waals surface area contributed by atoms with E-state index in [1.165, 1.54) is 18.4 Å². The minimum atomic E-state index is 0.101. The van der Waals surface area contributed by atoms with Crippen molar-refractivity contribution >= 4 is 34.3 Å². The van der Waals surface area contributed by atoms with E-state index >= 15 is 0 Å². The van der Waals surface area contributed by atoms with Gasteiger partial charge in [-0.3, -0.25) is 9.69 Å². The molecule has 1 atom stereocenters. The zero-order valence-electron chi connectivity index (χ0n) is 9.11. The molecular formula is C12H13IN2O. The molecule has 1 unspecified atom stereocenters. The van der Waals surface area contributed by atoms with Crippen molar-refractivity contribution in [3.8, 4) is 0 Å². The van der Waals surface area contributed by atoms with Gasteiger partial charge in [0.05, 0.1) is 3.92 Å². The molecule has 0 radical (unpaired) electrons. The SMILES string of the molecule is CN1C(=O)C(I)C2(CC2)Cc2cccnc21. The first-order chi connectivity index (χ1) is 7.64. The molecule has 4 heteroatoms. The number of rotatable bonds is 0. The van der Waals surface area contributed by atoms with Gasteiger partial charge in [0.25, 0.3) is 0 Å². The fourth-order valence-electron chi connectivity index (χ4n) is 2.47. The monoisotopic (exact) mass is 328 g/mol. The van der Waals surface area contributed by atoms with Gasteiger partial charge < -0.3 is 0 Å². The summed E-state index contributed by atoms with van der Waals surface area (Å²) in [5.41, 5.74) is 1.44. The van der Waals surface area contributed by atoms with E-state index in [4.69, 9.17) is 0 Å². The van der Waals surface area contributed by atoms with Crippen molar-refractivity contribution in [2.24, 2.45) is 5.41 Å². The van der Waals surface area contributed by atoms with Crippen molar-refractivity contribution in [3.05, 3.63) is 23.9 Å². The summed E-state index contributed by atoms with van der Waals surface area (Å²) >= 11 is 2.31. The van der Waals surface area contributed by atoms with Crippen LogP contribution in [0.4, 0.5) is 5.82 Å². The summed E-state index contributed by atoms with van der Waals surface area (Å²) in [6, 6.07) is 4.06. The summed E-state index contributed by atoms with van der Waals surface area (Å²) in [5, 5.41) is 0. The molecule has 2 aliphatic rings. The number of nitrogens with zero attached hydrogens (tertiary/aromatic N) is 2. The van der Waals surface area contributed by atoms with Crippen LogP contribution in [0.15, 0.2) is 18.3 Å². The number of hydrogen-bond donors (Lipinski definition) is 0. The van der Waals surface area contributed by atoms with Crippen LogP contribution in [0.1, 0.15) is 18.4 Å². The minimum Gasteiger partial charge on any atom is -0.299 e. The zero-order chi connectivity index (χ0) is 11.3. The van der Waals surface area contributed by atoms with Crippen LogP contribution in [0.5, 0.6) is 0 Å².